The van der Waals surface area contributed by atoms with E-state index in [2.05, 4.69) is 15.2 Å². The Bertz CT molecular complexity index is 1190. The van der Waals surface area contributed by atoms with Crippen molar-refractivity contribution in [3.8, 4) is 5.75 Å². The second-order valence-corrected chi connectivity index (χ2v) is 9.70. The third-order valence-electron chi connectivity index (χ3n) is 4.11. The molecule has 0 radical (unpaired) electrons. The van der Waals surface area contributed by atoms with Crippen LogP contribution in [0.25, 0.3) is 5.65 Å². The maximum absolute atomic E-state index is 12.3. The zero-order valence-corrected chi connectivity index (χ0v) is 18.3. The molecule has 1 aromatic carbocycles. The van der Waals surface area contributed by atoms with Crippen molar-refractivity contribution >= 4 is 40.5 Å². The van der Waals surface area contributed by atoms with Gasteiger partial charge in [0.25, 0.3) is 5.56 Å². The van der Waals surface area contributed by atoms with Crippen LogP contribution in [0.15, 0.2) is 62.1 Å². The number of thioether (sulfide) groups is 2. The first-order valence-corrected chi connectivity index (χ1v) is 11.6. The van der Waals surface area contributed by atoms with Crippen LogP contribution in [0.5, 0.6) is 5.75 Å². The number of benzene rings is 1. The second kappa shape index (κ2) is 8.98. The van der Waals surface area contributed by atoms with E-state index in [-0.39, 0.29) is 5.56 Å². The molecule has 0 saturated heterocycles. The summed E-state index contributed by atoms with van der Waals surface area (Å²) in [5, 5.41) is 8.50. The third-order valence-corrected chi connectivity index (χ3v) is 7.41. The summed E-state index contributed by atoms with van der Waals surface area (Å²) in [4.78, 5) is 16.9. The molecule has 3 aromatic heterocycles. The van der Waals surface area contributed by atoms with Gasteiger partial charge in [-0.05, 0) is 36.2 Å². The molecule has 4 aromatic rings. The maximum Gasteiger partial charge on any atom is 0.258 e. The standard InChI is InChI=1S/C20H18N4O2S3/c1-13-3-8-17-21-15(9-18(25)24(17)10-13)12-28-20-23-22-19(29-20)27-11-14-4-6-16(26-2)7-5-14/h3-10H,11-12H2,1-2H3. The highest BCUT2D eigenvalue weighted by Crippen LogP contribution is 2.32. The fourth-order valence-electron chi connectivity index (χ4n) is 2.65. The molecular weight excluding hydrogens is 424 g/mol. The molecule has 0 unspecified atom stereocenters. The first kappa shape index (κ1) is 19.9. The summed E-state index contributed by atoms with van der Waals surface area (Å²) in [6, 6.07) is 13.4. The van der Waals surface area contributed by atoms with E-state index in [1.165, 1.54) is 5.56 Å². The molecule has 0 saturated carbocycles. The molecule has 0 spiro atoms. The molecule has 0 aliphatic rings. The normalized spacial score (nSPS) is 11.1. The Hall–Kier alpha value is -2.36. The topological polar surface area (TPSA) is 69.4 Å². The molecule has 0 atom stereocenters. The molecule has 6 nitrogen and oxygen atoms in total. The van der Waals surface area contributed by atoms with Crippen molar-refractivity contribution in [3.63, 3.8) is 0 Å². The smallest absolute Gasteiger partial charge is 0.258 e. The van der Waals surface area contributed by atoms with Gasteiger partial charge >= 0.3 is 0 Å². The summed E-state index contributed by atoms with van der Waals surface area (Å²) in [5.41, 5.74) is 3.56. The van der Waals surface area contributed by atoms with E-state index >= 15 is 0 Å². The van der Waals surface area contributed by atoms with Crippen LogP contribution < -0.4 is 10.3 Å². The minimum atomic E-state index is -0.0673. The highest BCUT2D eigenvalue weighted by molar-refractivity contribution is 8.02. The van der Waals surface area contributed by atoms with E-state index in [1.807, 2.05) is 43.3 Å². The number of hydrogen-bond donors (Lipinski definition) is 0. The predicted octanol–water partition coefficient (Wildman–Crippen LogP) is 4.45. The molecule has 148 valence electrons. The zero-order valence-electron chi connectivity index (χ0n) is 15.9. The summed E-state index contributed by atoms with van der Waals surface area (Å²) in [5.74, 6) is 2.26. The Morgan fingerprint density at radius 3 is 2.48 bits per heavy atom. The zero-order chi connectivity index (χ0) is 20.2. The van der Waals surface area contributed by atoms with E-state index in [0.717, 1.165) is 31.4 Å². The van der Waals surface area contributed by atoms with Crippen molar-refractivity contribution < 1.29 is 4.74 Å². The number of hydrogen-bond acceptors (Lipinski definition) is 8. The molecule has 3 heterocycles. The highest BCUT2D eigenvalue weighted by Gasteiger charge is 2.09. The molecule has 0 aliphatic heterocycles. The molecule has 0 N–H and O–H groups in total. The van der Waals surface area contributed by atoms with Crippen LogP contribution in [-0.2, 0) is 11.5 Å². The summed E-state index contributed by atoms with van der Waals surface area (Å²) < 4.78 is 8.54. The predicted molar refractivity (Wildman–Crippen MR) is 118 cm³/mol. The maximum atomic E-state index is 12.3. The first-order chi connectivity index (χ1) is 14.1. The Morgan fingerprint density at radius 2 is 1.76 bits per heavy atom. The van der Waals surface area contributed by atoms with Gasteiger partial charge in [0, 0.05) is 23.8 Å². The van der Waals surface area contributed by atoms with Crippen LogP contribution in [0.4, 0.5) is 0 Å². The number of aryl methyl sites for hydroxylation is 1. The monoisotopic (exact) mass is 442 g/mol. The Kier molecular flexibility index (Phi) is 6.17. The molecule has 0 aliphatic carbocycles. The molecule has 0 bridgehead atoms. The average molecular weight is 443 g/mol. The minimum absolute atomic E-state index is 0.0673. The largest absolute Gasteiger partial charge is 0.497 e. The lowest BCUT2D eigenvalue weighted by atomic mass is 10.2. The molecule has 9 heteroatoms. The van der Waals surface area contributed by atoms with Crippen LogP contribution >= 0.6 is 34.9 Å². The fraction of sp³-hybridized carbons (Fsp3) is 0.200. The van der Waals surface area contributed by atoms with Crippen LogP contribution in [-0.4, -0.2) is 26.7 Å². The van der Waals surface area contributed by atoms with Gasteiger partial charge in [0.15, 0.2) is 8.68 Å². The van der Waals surface area contributed by atoms with Crippen LogP contribution in [0.2, 0.25) is 0 Å². The lowest BCUT2D eigenvalue weighted by Crippen LogP contribution is -2.15. The van der Waals surface area contributed by atoms with Crippen molar-refractivity contribution in [3.05, 3.63) is 75.8 Å². The molecule has 0 amide bonds. The Labute approximate surface area is 180 Å². The van der Waals surface area contributed by atoms with E-state index in [9.17, 15) is 4.79 Å². The van der Waals surface area contributed by atoms with Gasteiger partial charge in [-0.1, -0.05) is 53.1 Å². The lowest BCUT2D eigenvalue weighted by molar-refractivity contribution is 0.414. The molecule has 29 heavy (non-hydrogen) atoms. The summed E-state index contributed by atoms with van der Waals surface area (Å²) in [6.07, 6.45) is 1.80. The first-order valence-electron chi connectivity index (χ1n) is 8.82. The number of rotatable bonds is 7. The summed E-state index contributed by atoms with van der Waals surface area (Å²) in [6.45, 7) is 1.95. The molecule has 0 fully saturated rings. The molecule has 4 rings (SSSR count). The fourth-order valence-corrected chi connectivity index (χ4v) is 5.52. The number of methoxy groups -OCH3 is 1. The van der Waals surface area contributed by atoms with Gasteiger partial charge in [-0.25, -0.2) is 4.98 Å². The van der Waals surface area contributed by atoms with Crippen LogP contribution in [0.3, 0.4) is 0 Å². The minimum Gasteiger partial charge on any atom is -0.497 e. The highest BCUT2D eigenvalue weighted by atomic mass is 32.2. The molecular formula is C20H18N4O2S3. The van der Waals surface area contributed by atoms with Crippen molar-refractivity contribution in [1.29, 1.82) is 0 Å². The third kappa shape index (κ3) is 4.98. The SMILES string of the molecule is COc1ccc(CSc2nnc(SCc3cc(=O)n4cc(C)ccc4n3)s2)cc1. The van der Waals surface area contributed by atoms with Gasteiger partial charge in [0.2, 0.25) is 0 Å². The van der Waals surface area contributed by atoms with Crippen molar-refractivity contribution in [2.75, 3.05) is 7.11 Å². The number of aromatic nitrogens is 4. The van der Waals surface area contributed by atoms with Crippen molar-refractivity contribution in [1.82, 2.24) is 19.6 Å². The quantitative estimate of drug-likeness (QED) is 0.392. The van der Waals surface area contributed by atoms with Gasteiger partial charge in [-0.15, -0.1) is 10.2 Å². The summed E-state index contributed by atoms with van der Waals surface area (Å²) in [7, 11) is 1.66. The number of fused-ring (bicyclic) bond motifs is 1. The van der Waals surface area contributed by atoms with Crippen LogP contribution in [0.1, 0.15) is 16.8 Å². The van der Waals surface area contributed by atoms with Crippen LogP contribution in [0, 0.1) is 6.92 Å². The van der Waals surface area contributed by atoms with Gasteiger partial charge in [-0.3, -0.25) is 9.20 Å². The summed E-state index contributed by atoms with van der Waals surface area (Å²) >= 11 is 4.76. The van der Waals surface area contributed by atoms with Crippen molar-refractivity contribution in [2.45, 2.75) is 27.1 Å². The Balaban J connectivity index is 1.37. The number of nitrogens with zero attached hydrogens (tertiary/aromatic N) is 4. The lowest BCUT2D eigenvalue weighted by Gasteiger charge is -2.04. The van der Waals surface area contributed by atoms with Gasteiger partial charge in [0.05, 0.1) is 12.8 Å². The average Bonchev–Trinajstić information content (AvgIpc) is 3.19. The van der Waals surface area contributed by atoms with Gasteiger partial charge in [0.1, 0.15) is 11.4 Å². The van der Waals surface area contributed by atoms with Crippen molar-refractivity contribution in [2.24, 2.45) is 0 Å². The number of ether oxygens (including phenoxy) is 1. The van der Waals surface area contributed by atoms with E-state index < -0.39 is 0 Å². The van der Waals surface area contributed by atoms with Gasteiger partial charge in [-0.2, -0.15) is 0 Å². The van der Waals surface area contributed by atoms with E-state index in [4.69, 9.17) is 4.74 Å². The van der Waals surface area contributed by atoms with Gasteiger partial charge < -0.3 is 4.74 Å². The van der Waals surface area contributed by atoms with E-state index in [1.54, 1.807) is 58.6 Å². The second-order valence-electron chi connectivity index (χ2n) is 6.28. The number of pyridine rings is 1. The Morgan fingerprint density at radius 1 is 1.03 bits per heavy atom. The van der Waals surface area contributed by atoms with E-state index in [0.29, 0.717) is 11.4 Å².